The lowest BCUT2D eigenvalue weighted by Gasteiger charge is -2.08. The molecule has 1 N–H and O–H groups in total. The maximum atomic E-state index is 11.6. The Morgan fingerprint density at radius 1 is 1.17 bits per heavy atom. The van der Waals surface area contributed by atoms with E-state index < -0.39 is 23.1 Å². The summed E-state index contributed by atoms with van der Waals surface area (Å²) in [4.78, 5) is 34.4. The van der Waals surface area contributed by atoms with E-state index in [1.807, 2.05) is 30.3 Å². The number of alkyl halides is 1. The van der Waals surface area contributed by atoms with Crippen molar-refractivity contribution in [3.8, 4) is 0 Å². The normalized spacial score (nSPS) is 11.6. The standard InChI is InChI=1S/C16H20ClNO5/c1-2-22-16(21)15(17)13(19)8-9-18-10-14(20)23-11-12-6-4-3-5-7-12/h3-7,15,18H,2,8-11H2,1H3. The third kappa shape index (κ3) is 7.76. The zero-order valence-corrected chi connectivity index (χ0v) is 13.7. The Morgan fingerprint density at radius 3 is 2.52 bits per heavy atom. The molecule has 1 rings (SSSR count). The fraction of sp³-hybridized carbons (Fsp3) is 0.438. The summed E-state index contributed by atoms with van der Waals surface area (Å²) in [7, 11) is 0. The maximum absolute atomic E-state index is 11.6. The second kappa shape index (κ2) is 10.7. The van der Waals surface area contributed by atoms with Crippen LogP contribution in [0.5, 0.6) is 0 Å². The SMILES string of the molecule is CCOC(=O)C(Cl)C(=O)CCNCC(=O)OCc1ccccc1. The molecule has 0 fully saturated rings. The maximum Gasteiger partial charge on any atom is 0.331 e. The van der Waals surface area contributed by atoms with Crippen molar-refractivity contribution >= 4 is 29.3 Å². The molecule has 0 heterocycles. The number of carbonyl (C=O) groups is 3. The zero-order valence-electron chi connectivity index (χ0n) is 12.9. The molecule has 0 aliphatic rings. The Morgan fingerprint density at radius 2 is 1.87 bits per heavy atom. The van der Waals surface area contributed by atoms with Gasteiger partial charge in [0.1, 0.15) is 6.61 Å². The number of rotatable bonds is 10. The smallest absolute Gasteiger partial charge is 0.331 e. The van der Waals surface area contributed by atoms with Crippen LogP contribution in [0.4, 0.5) is 0 Å². The highest BCUT2D eigenvalue weighted by molar-refractivity contribution is 6.41. The first kappa shape index (κ1) is 19.1. The number of hydrogen-bond acceptors (Lipinski definition) is 6. The van der Waals surface area contributed by atoms with Gasteiger partial charge < -0.3 is 14.8 Å². The summed E-state index contributed by atoms with van der Waals surface area (Å²) in [5.41, 5.74) is 0.899. The molecular weight excluding hydrogens is 322 g/mol. The first-order chi connectivity index (χ1) is 11.0. The molecule has 23 heavy (non-hydrogen) atoms. The molecule has 0 saturated carbocycles. The van der Waals surface area contributed by atoms with Crippen LogP contribution in [0.15, 0.2) is 30.3 Å². The molecule has 0 aliphatic heterocycles. The van der Waals surface area contributed by atoms with Gasteiger partial charge in [0, 0.05) is 13.0 Å². The van der Waals surface area contributed by atoms with E-state index in [0.29, 0.717) is 0 Å². The molecule has 6 nitrogen and oxygen atoms in total. The molecule has 0 amide bonds. The highest BCUT2D eigenvalue weighted by Crippen LogP contribution is 2.04. The Labute approximate surface area is 140 Å². The van der Waals surface area contributed by atoms with E-state index in [-0.39, 0.29) is 32.7 Å². The summed E-state index contributed by atoms with van der Waals surface area (Å²) in [6.07, 6.45) is 0.0267. The van der Waals surface area contributed by atoms with E-state index in [9.17, 15) is 14.4 Å². The number of esters is 2. The number of carbonyl (C=O) groups excluding carboxylic acids is 3. The van der Waals surface area contributed by atoms with Gasteiger partial charge in [-0.1, -0.05) is 30.3 Å². The number of Topliss-reactive ketones (excluding diaryl/α,β-unsaturated/α-hetero) is 1. The Kier molecular flexibility index (Phi) is 8.94. The van der Waals surface area contributed by atoms with Crippen LogP contribution in [0.2, 0.25) is 0 Å². The fourth-order valence-corrected chi connectivity index (χ4v) is 1.84. The van der Waals surface area contributed by atoms with Crippen LogP contribution in [0, 0.1) is 0 Å². The molecule has 1 aromatic rings. The zero-order chi connectivity index (χ0) is 17.1. The second-order valence-electron chi connectivity index (χ2n) is 4.65. The number of benzene rings is 1. The quantitative estimate of drug-likeness (QED) is 0.300. The van der Waals surface area contributed by atoms with Crippen molar-refractivity contribution in [2.45, 2.75) is 25.3 Å². The van der Waals surface area contributed by atoms with Crippen molar-refractivity contribution in [1.82, 2.24) is 5.32 Å². The third-order valence-electron chi connectivity index (χ3n) is 2.84. The van der Waals surface area contributed by atoms with Gasteiger partial charge in [-0.25, -0.2) is 4.79 Å². The summed E-state index contributed by atoms with van der Waals surface area (Å²) < 4.78 is 9.72. The van der Waals surface area contributed by atoms with Gasteiger partial charge >= 0.3 is 11.9 Å². The van der Waals surface area contributed by atoms with Crippen LogP contribution in [0.1, 0.15) is 18.9 Å². The number of hydrogen-bond donors (Lipinski definition) is 1. The van der Waals surface area contributed by atoms with Crippen LogP contribution in [-0.4, -0.2) is 42.8 Å². The van der Waals surface area contributed by atoms with E-state index in [1.54, 1.807) is 6.92 Å². The van der Waals surface area contributed by atoms with Gasteiger partial charge in [-0.15, -0.1) is 11.6 Å². The first-order valence-corrected chi connectivity index (χ1v) is 7.72. The topological polar surface area (TPSA) is 81.7 Å². The van der Waals surface area contributed by atoms with Gasteiger partial charge in [-0.2, -0.15) is 0 Å². The molecule has 126 valence electrons. The van der Waals surface area contributed by atoms with Gasteiger partial charge in [0.05, 0.1) is 13.2 Å². The van der Waals surface area contributed by atoms with E-state index in [2.05, 4.69) is 10.1 Å². The minimum absolute atomic E-state index is 0.0214. The number of halogens is 1. The predicted octanol–water partition coefficient (Wildman–Crippen LogP) is 1.45. The van der Waals surface area contributed by atoms with Crippen molar-refractivity contribution < 1.29 is 23.9 Å². The Bertz CT molecular complexity index is 520. The first-order valence-electron chi connectivity index (χ1n) is 7.28. The number of nitrogens with one attached hydrogen (secondary N) is 1. The Balaban J connectivity index is 2.15. The van der Waals surface area contributed by atoms with Gasteiger partial charge in [0.25, 0.3) is 0 Å². The summed E-state index contributed by atoms with van der Waals surface area (Å²) in [6, 6.07) is 9.31. The summed E-state index contributed by atoms with van der Waals surface area (Å²) in [5.74, 6) is -1.62. The van der Waals surface area contributed by atoms with Gasteiger partial charge in [-0.05, 0) is 12.5 Å². The van der Waals surface area contributed by atoms with Crippen LogP contribution < -0.4 is 5.32 Å². The molecule has 0 spiro atoms. The molecule has 1 aromatic carbocycles. The lowest BCUT2D eigenvalue weighted by atomic mass is 10.2. The fourth-order valence-electron chi connectivity index (χ4n) is 1.66. The molecule has 0 saturated heterocycles. The van der Waals surface area contributed by atoms with E-state index >= 15 is 0 Å². The van der Waals surface area contributed by atoms with Gasteiger partial charge in [-0.3, -0.25) is 9.59 Å². The number of ether oxygens (including phenoxy) is 2. The summed E-state index contributed by atoms with van der Waals surface area (Å²) in [6.45, 7) is 2.21. The van der Waals surface area contributed by atoms with Crippen molar-refractivity contribution in [3.05, 3.63) is 35.9 Å². The van der Waals surface area contributed by atoms with Gasteiger partial charge in [0.2, 0.25) is 0 Å². The molecule has 7 heteroatoms. The van der Waals surface area contributed by atoms with E-state index in [1.165, 1.54) is 0 Å². The molecular formula is C16H20ClNO5. The van der Waals surface area contributed by atoms with Gasteiger partial charge in [0.15, 0.2) is 11.2 Å². The van der Waals surface area contributed by atoms with Crippen molar-refractivity contribution in [2.24, 2.45) is 0 Å². The highest BCUT2D eigenvalue weighted by atomic mass is 35.5. The van der Waals surface area contributed by atoms with Crippen LogP contribution in [-0.2, 0) is 30.5 Å². The third-order valence-corrected chi connectivity index (χ3v) is 3.26. The van der Waals surface area contributed by atoms with Crippen LogP contribution in [0.25, 0.3) is 0 Å². The van der Waals surface area contributed by atoms with Crippen molar-refractivity contribution in [2.75, 3.05) is 19.7 Å². The molecule has 1 atom stereocenters. The molecule has 0 bridgehead atoms. The number of ketones is 1. The summed E-state index contributed by atoms with van der Waals surface area (Å²) >= 11 is 5.68. The monoisotopic (exact) mass is 341 g/mol. The van der Waals surface area contributed by atoms with Crippen LogP contribution >= 0.6 is 11.6 Å². The molecule has 0 aliphatic carbocycles. The van der Waals surface area contributed by atoms with Crippen LogP contribution in [0.3, 0.4) is 0 Å². The summed E-state index contributed by atoms with van der Waals surface area (Å²) in [5, 5.41) is 1.47. The largest absolute Gasteiger partial charge is 0.465 e. The lowest BCUT2D eigenvalue weighted by molar-refractivity contribution is -0.146. The predicted molar refractivity (Wildman–Crippen MR) is 85.0 cm³/mol. The second-order valence-corrected chi connectivity index (χ2v) is 5.09. The minimum atomic E-state index is -1.30. The minimum Gasteiger partial charge on any atom is -0.465 e. The Hall–Kier alpha value is -1.92. The molecule has 1 unspecified atom stereocenters. The lowest BCUT2D eigenvalue weighted by Crippen LogP contribution is -2.31. The highest BCUT2D eigenvalue weighted by Gasteiger charge is 2.24. The molecule has 0 radical (unpaired) electrons. The van der Waals surface area contributed by atoms with Crippen molar-refractivity contribution in [3.63, 3.8) is 0 Å². The average Bonchev–Trinajstić information content (AvgIpc) is 2.57. The van der Waals surface area contributed by atoms with Crippen molar-refractivity contribution in [1.29, 1.82) is 0 Å². The van der Waals surface area contributed by atoms with E-state index in [4.69, 9.17) is 16.3 Å². The average molecular weight is 342 g/mol. The molecule has 0 aromatic heterocycles. The van der Waals surface area contributed by atoms with E-state index in [0.717, 1.165) is 5.56 Å².